The molecule has 0 bridgehead atoms. The highest BCUT2D eigenvalue weighted by molar-refractivity contribution is 5.39. The predicted molar refractivity (Wildman–Crippen MR) is 52.2 cm³/mol. The third kappa shape index (κ3) is 1.47. The Labute approximate surface area is 78.7 Å². The molecule has 0 radical (unpaired) electrons. The number of fused-ring (bicyclic) bond motifs is 1. The highest BCUT2D eigenvalue weighted by atomic mass is 16.6. The van der Waals surface area contributed by atoms with Gasteiger partial charge in [-0.3, -0.25) is 4.84 Å². The molecular formula is C11H15NO. The molecule has 1 atom stereocenters. The zero-order valence-electron chi connectivity index (χ0n) is 7.92. The lowest BCUT2D eigenvalue weighted by molar-refractivity contribution is 0.0658. The Morgan fingerprint density at radius 2 is 2.23 bits per heavy atom. The van der Waals surface area contributed by atoms with Crippen LogP contribution in [-0.4, -0.2) is 0 Å². The molecular weight excluding hydrogens is 162 g/mol. The van der Waals surface area contributed by atoms with Crippen molar-refractivity contribution in [2.24, 2.45) is 5.90 Å². The van der Waals surface area contributed by atoms with Crippen LogP contribution in [0.1, 0.15) is 36.1 Å². The van der Waals surface area contributed by atoms with E-state index in [1.54, 1.807) is 0 Å². The van der Waals surface area contributed by atoms with Crippen LogP contribution in [0.5, 0.6) is 0 Å². The van der Waals surface area contributed by atoms with Crippen molar-refractivity contribution >= 4 is 0 Å². The van der Waals surface area contributed by atoms with E-state index in [1.807, 2.05) is 6.92 Å². The zero-order chi connectivity index (χ0) is 9.26. The van der Waals surface area contributed by atoms with Crippen LogP contribution in [0.15, 0.2) is 18.2 Å². The van der Waals surface area contributed by atoms with Crippen LogP contribution in [0.3, 0.4) is 0 Å². The molecule has 0 aromatic heterocycles. The molecule has 1 aromatic carbocycles. The maximum absolute atomic E-state index is 5.20. The van der Waals surface area contributed by atoms with Gasteiger partial charge in [0.1, 0.15) is 6.10 Å². The van der Waals surface area contributed by atoms with Crippen molar-refractivity contribution in [3.63, 3.8) is 0 Å². The van der Waals surface area contributed by atoms with Gasteiger partial charge >= 0.3 is 0 Å². The lowest BCUT2D eigenvalue weighted by Gasteiger charge is -2.13. The van der Waals surface area contributed by atoms with Crippen LogP contribution >= 0.6 is 0 Å². The van der Waals surface area contributed by atoms with Crippen LogP contribution in [0.4, 0.5) is 0 Å². The first-order chi connectivity index (χ1) is 6.33. The predicted octanol–water partition coefficient (Wildman–Crippen LogP) is 2.13. The summed E-state index contributed by atoms with van der Waals surface area (Å²) in [6.07, 6.45) is 3.68. The Kier molecular flexibility index (Phi) is 2.34. The van der Waals surface area contributed by atoms with E-state index in [0.29, 0.717) is 0 Å². The van der Waals surface area contributed by atoms with E-state index in [2.05, 4.69) is 18.2 Å². The average molecular weight is 177 g/mol. The van der Waals surface area contributed by atoms with Crippen molar-refractivity contribution in [3.8, 4) is 0 Å². The molecule has 2 N–H and O–H groups in total. The second-order valence-electron chi connectivity index (χ2n) is 3.62. The van der Waals surface area contributed by atoms with E-state index < -0.39 is 0 Å². The second-order valence-corrected chi connectivity index (χ2v) is 3.62. The number of hydrogen-bond donors (Lipinski definition) is 1. The minimum absolute atomic E-state index is 0.0213. The lowest BCUT2D eigenvalue weighted by atomic mass is 10.00. The third-order valence-electron chi connectivity index (χ3n) is 2.82. The van der Waals surface area contributed by atoms with Crippen LogP contribution < -0.4 is 5.90 Å². The fourth-order valence-electron chi connectivity index (χ4n) is 2.10. The summed E-state index contributed by atoms with van der Waals surface area (Å²) in [5.41, 5.74) is 4.19. The summed E-state index contributed by atoms with van der Waals surface area (Å²) >= 11 is 0. The molecule has 1 unspecified atom stereocenters. The van der Waals surface area contributed by atoms with E-state index in [1.165, 1.54) is 36.0 Å². The van der Waals surface area contributed by atoms with E-state index in [4.69, 9.17) is 10.7 Å². The van der Waals surface area contributed by atoms with Gasteiger partial charge in [0.15, 0.2) is 0 Å². The highest BCUT2D eigenvalue weighted by Crippen LogP contribution is 2.29. The van der Waals surface area contributed by atoms with Gasteiger partial charge in [-0.2, -0.15) is 0 Å². The number of aryl methyl sites for hydroxylation is 1. The van der Waals surface area contributed by atoms with Crippen LogP contribution in [0.25, 0.3) is 0 Å². The Morgan fingerprint density at radius 3 is 3.00 bits per heavy atom. The standard InChI is InChI=1S/C11H15NO/c1-8(13-12)10-6-2-4-9-5-3-7-11(9)10/h2,4,6,8H,3,5,7,12H2,1H3. The minimum atomic E-state index is 0.0213. The quantitative estimate of drug-likeness (QED) is 0.702. The molecule has 0 aliphatic heterocycles. The number of rotatable bonds is 2. The van der Waals surface area contributed by atoms with Gasteiger partial charge < -0.3 is 0 Å². The molecule has 2 rings (SSSR count). The van der Waals surface area contributed by atoms with Gasteiger partial charge in [-0.25, -0.2) is 5.90 Å². The molecule has 0 saturated carbocycles. The zero-order valence-corrected chi connectivity index (χ0v) is 7.92. The molecule has 0 amide bonds. The smallest absolute Gasteiger partial charge is 0.101 e. The maximum Gasteiger partial charge on any atom is 0.101 e. The summed E-state index contributed by atoms with van der Waals surface area (Å²) < 4.78 is 0. The van der Waals surface area contributed by atoms with Crippen LogP contribution in [0, 0.1) is 0 Å². The Balaban J connectivity index is 2.41. The lowest BCUT2D eigenvalue weighted by Crippen LogP contribution is -2.07. The van der Waals surface area contributed by atoms with Crippen molar-refractivity contribution in [2.45, 2.75) is 32.3 Å². The average Bonchev–Trinajstić information content (AvgIpc) is 2.63. The van der Waals surface area contributed by atoms with Gasteiger partial charge in [-0.05, 0) is 42.9 Å². The van der Waals surface area contributed by atoms with Gasteiger partial charge in [0.25, 0.3) is 0 Å². The highest BCUT2D eigenvalue weighted by Gasteiger charge is 2.17. The molecule has 2 nitrogen and oxygen atoms in total. The number of nitrogens with two attached hydrogens (primary N) is 1. The van der Waals surface area contributed by atoms with Gasteiger partial charge in [-0.15, -0.1) is 0 Å². The number of benzene rings is 1. The summed E-state index contributed by atoms with van der Waals surface area (Å²) in [5.74, 6) is 5.20. The van der Waals surface area contributed by atoms with Gasteiger partial charge in [0.2, 0.25) is 0 Å². The molecule has 1 aliphatic carbocycles. The molecule has 13 heavy (non-hydrogen) atoms. The summed E-state index contributed by atoms with van der Waals surface area (Å²) in [4.78, 5) is 4.86. The molecule has 0 fully saturated rings. The minimum Gasteiger partial charge on any atom is -0.297 e. The topological polar surface area (TPSA) is 35.2 Å². The Hall–Kier alpha value is -0.860. The second kappa shape index (κ2) is 3.48. The largest absolute Gasteiger partial charge is 0.297 e. The van der Waals surface area contributed by atoms with Gasteiger partial charge in [0, 0.05) is 0 Å². The Bertz CT molecular complexity index is 309. The fourth-order valence-corrected chi connectivity index (χ4v) is 2.10. The SMILES string of the molecule is CC(ON)c1cccc2c1CCC2. The maximum atomic E-state index is 5.20. The summed E-state index contributed by atoms with van der Waals surface area (Å²) in [5, 5.41) is 0. The van der Waals surface area contributed by atoms with Crippen molar-refractivity contribution in [3.05, 3.63) is 34.9 Å². The van der Waals surface area contributed by atoms with E-state index in [0.717, 1.165) is 0 Å². The van der Waals surface area contributed by atoms with Crippen molar-refractivity contribution in [1.29, 1.82) is 0 Å². The molecule has 2 heteroatoms. The monoisotopic (exact) mass is 177 g/mol. The summed E-state index contributed by atoms with van der Waals surface area (Å²) in [7, 11) is 0. The first-order valence-electron chi connectivity index (χ1n) is 4.79. The van der Waals surface area contributed by atoms with Crippen LogP contribution in [-0.2, 0) is 17.7 Å². The number of hydrogen-bond acceptors (Lipinski definition) is 2. The van der Waals surface area contributed by atoms with E-state index in [9.17, 15) is 0 Å². The van der Waals surface area contributed by atoms with E-state index in [-0.39, 0.29) is 6.10 Å². The van der Waals surface area contributed by atoms with Crippen molar-refractivity contribution in [2.75, 3.05) is 0 Å². The normalized spacial score (nSPS) is 17.1. The molecule has 1 aliphatic rings. The summed E-state index contributed by atoms with van der Waals surface area (Å²) in [6.45, 7) is 1.99. The van der Waals surface area contributed by atoms with Crippen molar-refractivity contribution in [1.82, 2.24) is 0 Å². The van der Waals surface area contributed by atoms with Crippen molar-refractivity contribution < 1.29 is 4.84 Å². The molecule has 1 aromatic rings. The molecule has 0 saturated heterocycles. The third-order valence-corrected chi connectivity index (χ3v) is 2.82. The van der Waals surface area contributed by atoms with Gasteiger partial charge in [-0.1, -0.05) is 18.2 Å². The van der Waals surface area contributed by atoms with E-state index >= 15 is 0 Å². The first kappa shape index (κ1) is 8.73. The molecule has 0 heterocycles. The fraction of sp³-hybridized carbons (Fsp3) is 0.455. The molecule has 0 spiro atoms. The Morgan fingerprint density at radius 1 is 1.38 bits per heavy atom. The summed E-state index contributed by atoms with van der Waals surface area (Å²) in [6, 6.07) is 6.41. The van der Waals surface area contributed by atoms with Gasteiger partial charge in [0.05, 0.1) is 0 Å². The van der Waals surface area contributed by atoms with Crippen LogP contribution in [0.2, 0.25) is 0 Å². The molecule has 70 valence electrons. The first-order valence-corrected chi connectivity index (χ1v) is 4.79.